The van der Waals surface area contributed by atoms with Crippen molar-refractivity contribution in [3.63, 3.8) is 0 Å². The van der Waals surface area contributed by atoms with Gasteiger partial charge in [0.05, 0.1) is 30.6 Å². The molecule has 1 amide bonds. The number of amides is 1. The molecule has 0 saturated carbocycles. The van der Waals surface area contributed by atoms with E-state index in [2.05, 4.69) is 15.3 Å². The van der Waals surface area contributed by atoms with Crippen molar-refractivity contribution in [2.45, 2.75) is 30.9 Å². The summed E-state index contributed by atoms with van der Waals surface area (Å²) >= 11 is 0. The van der Waals surface area contributed by atoms with Gasteiger partial charge >= 0.3 is 0 Å². The number of hydrogen-bond acceptors (Lipinski definition) is 6. The summed E-state index contributed by atoms with van der Waals surface area (Å²) in [6.07, 6.45) is 4.87. The molecule has 1 aromatic rings. The number of hydrogen-bond donors (Lipinski definition) is 1. The molecule has 2 fully saturated rings. The normalized spacial score (nSPS) is 27.4. The predicted octanol–water partition coefficient (Wildman–Crippen LogP) is 0.824. The minimum Gasteiger partial charge on any atom is -0.375 e. The molecule has 2 aliphatic heterocycles. The van der Waals surface area contributed by atoms with Gasteiger partial charge in [0.15, 0.2) is 5.82 Å². The molecule has 0 radical (unpaired) electrons. The van der Waals surface area contributed by atoms with Gasteiger partial charge in [0, 0.05) is 26.6 Å². The van der Waals surface area contributed by atoms with Crippen LogP contribution in [0.4, 0.5) is 10.3 Å². The van der Waals surface area contributed by atoms with Crippen LogP contribution in [0.5, 0.6) is 0 Å². The Morgan fingerprint density at radius 3 is 3.09 bits per heavy atom. The molecule has 0 unspecified atom stereocenters. The number of carbonyl (C=O) groups excluding carboxylic acids is 1. The third-order valence-corrected chi connectivity index (χ3v) is 4.32. The lowest BCUT2D eigenvalue weighted by Gasteiger charge is -2.39. The predicted molar refractivity (Wildman–Crippen MR) is 80.4 cm³/mol. The second-order valence-corrected chi connectivity index (χ2v) is 6.12. The Morgan fingerprint density at radius 1 is 1.57 bits per heavy atom. The fourth-order valence-electron chi connectivity index (χ4n) is 3.32. The van der Waals surface area contributed by atoms with E-state index in [4.69, 9.17) is 9.47 Å². The van der Waals surface area contributed by atoms with E-state index in [0.717, 1.165) is 38.2 Å². The Bertz CT molecular complexity index is 556. The van der Waals surface area contributed by atoms with Gasteiger partial charge in [-0.3, -0.25) is 4.79 Å². The van der Waals surface area contributed by atoms with Crippen LogP contribution in [0.25, 0.3) is 0 Å². The van der Waals surface area contributed by atoms with E-state index >= 15 is 0 Å². The van der Waals surface area contributed by atoms with Crippen molar-refractivity contribution in [1.82, 2.24) is 14.9 Å². The van der Waals surface area contributed by atoms with Crippen LogP contribution in [0.3, 0.4) is 0 Å². The Labute approximate surface area is 134 Å². The Hall–Kier alpha value is -1.80. The summed E-state index contributed by atoms with van der Waals surface area (Å²) in [4.78, 5) is 21.6. The molecule has 2 aliphatic rings. The molecule has 2 atom stereocenters. The number of ether oxygens (including phenoxy) is 2. The highest BCUT2D eigenvalue weighted by molar-refractivity contribution is 5.77. The van der Waals surface area contributed by atoms with Crippen molar-refractivity contribution in [1.29, 1.82) is 0 Å². The van der Waals surface area contributed by atoms with Crippen LogP contribution in [0.2, 0.25) is 0 Å². The highest BCUT2D eigenvalue weighted by atomic mass is 19.1. The van der Waals surface area contributed by atoms with Crippen molar-refractivity contribution in [2.24, 2.45) is 0 Å². The molecule has 0 bridgehead atoms. The third kappa shape index (κ3) is 3.76. The average Bonchev–Trinajstić information content (AvgIpc) is 2.92. The van der Waals surface area contributed by atoms with E-state index in [9.17, 15) is 9.18 Å². The number of nitrogens with zero attached hydrogens (tertiary/aromatic N) is 3. The molecule has 3 heterocycles. The van der Waals surface area contributed by atoms with Crippen LogP contribution in [-0.4, -0.2) is 65.8 Å². The maximum Gasteiger partial charge on any atom is 0.248 e. The molecular weight excluding hydrogens is 303 g/mol. The third-order valence-electron chi connectivity index (χ3n) is 4.32. The van der Waals surface area contributed by atoms with Crippen LogP contribution >= 0.6 is 0 Å². The smallest absolute Gasteiger partial charge is 0.248 e. The first kappa shape index (κ1) is 16.1. The van der Waals surface area contributed by atoms with E-state index in [1.807, 2.05) is 4.90 Å². The standard InChI is InChI=1S/C15H21FN4O3/c1-22-9-13(21)20-4-2-3-15(10-20)5-12(8-23-15)19-14-17-6-11(16)7-18-14/h6-7,12H,2-5,8-10H2,1H3,(H,17,18,19)/t12-,15-/m0/s1. The molecule has 126 valence electrons. The van der Waals surface area contributed by atoms with Crippen LogP contribution in [-0.2, 0) is 14.3 Å². The number of rotatable bonds is 4. The fourth-order valence-corrected chi connectivity index (χ4v) is 3.32. The maximum atomic E-state index is 12.8. The van der Waals surface area contributed by atoms with E-state index in [-0.39, 0.29) is 24.2 Å². The summed E-state index contributed by atoms with van der Waals surface area (Å²) < 4.78 is 23.8. The van der Waals surface area contributed by atoms with Crippen LogP contribution in [0.15, 0.2) is 12.4 Å². The van der Waals surface area contributed by atoms with Crippen LogP contribution in [0.1, 0.15) is 19.3 Å². The van der Waals surface area contributed by atoms with Gasteiger partial charge in [-0.05, 0) is 12.8 Å². The molecule has 0 aromatic carbocycles. The zero-order chi connectivity index (χ0) is 16.3. The van der Waals surface area contributed by atoms with E-state index in [0.29, 0.717) is 19.1 Å². The van der Waals surface area contributed by atoms with Crippen molar-refractivity contribution >= 4 is 11.9 Å². The van der Waals surface area contributed by atoms with Gasteiger partial charge in [0.1, 0.15) is 6.61 Å². The summed E-state index contributed by atoms with van der Waals surface area (Å²) in [5, 5.41) is 3.17. The molecule has 1 N–H and O–H groups in total. The number of anilines is 1. The minimum absolute atomic E-state index is 0.00606. The van der Waals surface area contributed by atoms with E-state index in [1.165, 1.54) is 7.11 Å². The van der Waals surface area contributed by atoms with Gasteiger partial charge in [-0.2, -0.15) is 0 Å². The van der Waals surface area contributed by atoms with Crippen molar-refractivity contribution in [2.75, 3.05) is 38.7 Å². The number of aromatic nitrogens is 2. The Kier molecular flexibility index (Phi) is 4.72. The molecular formula is C15H21FN4O3. The molecule has 2 saturated heterocycles. The van der Waals surface area contributed by atoms with Crippen LogP contribution < -0.4 is 5.32 Å². The molecule has 0 aliphatic carbocycles. The number of piperidine rings is 1. The van der Waals surface area contributed by atoms with Gasteiger partial charge in [-0.15, -0.1) is 0 Å². The van der Waals surface area contributed by atoms with Crippen molar-refractivity contribution < 1.29 is 18.7 Å². The number of nitrogens with one attached hydrogen (secondary N) is 1. The highest BCUT2D eigenvalue weighted by Gasteiger charge is 2.44. The summed E-state index contributed by atoms with van der Waals surface area (Å²) in [6, 6.07) is 0.0536. The minimum atomic E-state index is -0.464. The van der Waals surface area contributed by atoms with Gasteiger partial charge < -0.3 is 19.7 Å². The van der Waals surface area contributed by atoms with Gasteiger partial charge in [0.2, 0.25) is 11.9 Å². The largest absolute Gasteiger partial charge is 0.375 e. The molecule has 1 spiro atoms. The topological polar surface area (TPSA) is 76.6 Å². The quantitative estimate of drug-likeness (QED) is 0.884. The number of methoxy groups -OCH3 is 1. The van der Waals surface area contributed by atoms with E-state index < -0.39 is 5.82 Å². The lowest BCUT2D eigenvalue weighted by Crippen LogP contribution is -2.51. The zero-order valence-electron chi connectivity index (χ0n) is 13.1. The molecule has 1 aromatic heterocycles. The highest BCUT2D eigenvalue weighted by Crippen LogP contribution is 2.35. The first-order valence-electron chi connectivity index (χ1n) is 7.75. The monoisotopic (exact) mass is 324 g/mol. The zero-order valence-corrected chi connectivity index (χ0v) is 13.1. The summed E-state index contributed by atoms with van der Waals surface area (Å²) in [6.45, 7) is 1.94. The average molecular weight is 324 g/mol. The molecule has 3 rings (SSSR count). The first-order valence-corrected chi connectivity index (χ1v) is 7.75. The Balaban J connectivity index is 1.59. The number of likely N-dealkylation sites (tertiary alicyclic amines) is 1. The second kappa shape index (κ2) is 6.76. The van der Waals surface area contributed by atoms with Crippen LogP contribution in [0, 0.1) is 5.82 Å². The summed E-state index contributed by atoms with van der Waals surface area (Å²) in [5.41, 5.74) is -0.320. The SMILES string of the molecule is COCC(=O)N1CCC[C@]2(C[C@H](Nc3ncc(F)cn3)CO2)C1. The summed E-state index contributed by atoms with van der Waals surface area (Å²) in [7, 11) is 1.52. The van der Waals surface area contributed by atoms with Crippen molar-refractivity contribution in [3.05, 3.63) is 18.2 Å². The Morgan fingerprint density at radius 2 is 2.35 bits per heavy atom. The van der Waals surface area contributed by atoms with Gasteiger partial charge in [-0.1, -0.05) is 0 Å². The number of carbonyl (C=O) groups is 1. The summed E-state index contributed by atoms with van der Waals surface area (Å²) in [5.74, 6) is -0.0807. The van der Waals surface area contributed by atoms with E-state index in [1.54, 1.807) is 0 Å². The molecule has 8 heteroatoms. The molecule has 7 nitrogen and oxygen atoms in total. The lowest BCUT2D eigenvalue weighted by molar-refractivity contribution is -0.143. The fraction of sp³-hybridized carbons (Fsp3) is 0.667. The van der Waals surface area contributed by atoms with Crippen molar-refractivity contribution in [3.8, 4) is 0 Å². The van der Waals surface area contributed by atoms with Gasteiger partial charge in [-0.25, -0.2) is 14.4 Å². The lowest BCUT2D eigenvalue weighted by atomic mass is 9.88. The molecule has 23 heavy (non-hydrogen) atoms. The van der Waals surface area contributed by atoms with Gasteiger partial charge in [0.25, 0.3) is 0 Å². The second-order valence-electron chi connectivity index (χ2n) is 6.12. The number of halogens is 1. The first-order chi connectivity index (χ1) is 11.1. The maximum absolute atomic E-state index is 12.8.